The number of likely N-dealkylation sites (N-methyl/N-ethyl adjacent to an activating group) is 2. The van der Waals surface area contributed by atoms with Crippen molar-refractivity contribution in [2.75, 3.05) is 33.9 Å². The number of benzene rings is 1. The van der Waals surface area contributed by atoms with E-state index in [1.54, 1.807) is 7.11 Å². The van der Waals surface area contributed by atoms with Gasteiger partial charge in [-0.15, -0.1) is 0 Å². The summed E-state index contributed by atoms with van der Waals surface area (Å²) in [5.74, 6) is 0. The lowest BCUT2D eigenvalue weighted by Crippen LogP contribution is -2.41. The van der Waals surface area contributed by atoms with Crippen LogP contribution in [0.1, 0.15) is 42.1 Å². The Morgan fingerprint density at radius 1 is 1.19 bits per heavy atom. The minimum Gasteiger partial charge on any atom is -0.383 e. The molecule has 0 aliphatic carbocycles. The Balaban J connectivity index is 2.97. The molecule has 0 radical (unpaired) electrons. The zero-order valence-corrected chi connectivity index (χ0v) is 14.8. The first kappa shape index (κ1) is 18.1. The van der Waals surface area contributed by atoms with Gasteiger partial charge in [0.2, 0.25) is 0 Å². The predicted octanol–water partition coefficient (Wildman–Crippen LogP) is 3.23. The van der Waals surface area contributed by atoms with E-state index >= 15 is 0 Å². The number of aryl methyl sites for hydroxylation is 3. The Morgan fingerprint density at radius 3 is 2.19 bits per heavy atom. The molecule has 0 fully saturated rings. The third-order valence-corrected chi connectivity index (χ3v) is 4.29. The van der Waals surface area contributed by atoms with Crippen LogP contribution in [0.4, 0.5) is 0 Å². The van der Waals surface area contributed by atoms with Crippen molar-refractivity contribution in [1.82, 2.24) is 10.2 Å². The standard InChI is InChI=1S/C18H32N2O/c1-8-20(16(5)12-21-7)11-17(19-6)18-14(3)9-13(2)10-15(18)4/h9-10,16-17,19H,8,11-12H2,1-7H3. The van der Waals surface area contributed by atoms with E-state index in [2.05, 4.69) is 64.0 Å². The molecule has 0 aliphatic rings. The van der Waals surface area contributed by atoms with Gasteiger partial charge in [0.05, 0.1) is 6.61 Å². The first-order valence-corrected chi connectivity index (χ1v) is 7.92. The van der Waals surface area contributed by atoms with E-state index in [0.29, 0.717) is 12.1 Å². The number of hydrogen-bond acceptors (Lipinski definition) is 3. The van der Waals surface area contributed by atoms with Crippen LogP contribution >= 0.6 is 0 Å². The highest BCUT2D eigenvalue weighted by Crippen LogP contribution is 2.24. The molecular formula is C18H32N2O. The summed E-state index contributed by atoms with van der Waals surface area (Å²) in [5, 5.41) is 3.50. The van der Waals surface area contributed by atoms with Crippen molar-refractivity contribution in [2.45, 2.75) is 46.7 Å². The summed E-state index contributed by atoms with van der Waals surface area (Å²) in [6.45, 7) is 13.9. The van der Waals surface area contributed by atoms with E-state index in [9.17, 15) is 0 Å². The third-order valence-electron chi connectivity index (χ3n) is 4.29. The van der Waals surface area contributed by atoms with E-state index in [1.165, 1.54) is 22.3 Å². The summed E-state index contributed by atoms with van der Waals surface area (Å²) in [6.07, 6.45) is 0. The zero-order chi connectivity index (χ0) is 16.0. The van der Waals surface area contributed by atoms with Crippen molar-refractivity contribution in [3.05, 3.63) is 34.4 Å². The molecule has 1 rings (SSSR count). The van der Waals surface area contributed by atoms with Gasteiger partial charge >= 0.3 is 0 Å². The largest absolute Gasteiger partial charge is 0.383 e. The van der Waals surface area contributed by atoms with E-state index in [4.69, 9.17) is 4.74 Å². The summed E-state index contributed by atoms with van der Waals surface area (Å²) in [5.41, 5.74) is 5.53. The molecule has 0 aromatic heterocycles. The van der Waals surface area contributed by atoms with Crippen LogP contribution in [0.3, 0.4) is 0 Å². The average molecular weight is 292 g/mol. The van der Waals surface area contributed by atoms with E-state index < -0.39 is 0 Å². The topological polar surface area (TPSA) is 24.5 Å². The molecule has 0 aliphatic heterocycles. The highest BCUT2D eigenvalue weighted by Gasteiger charge is 2.20. The maximum absolute atomic E-state index is 5.31. The Morgan fingerprint density at radius 2 is 1.76 bits per heavy atom. The molecule has 3 heteroatoms. The number of nitrogens with one attached hydrogen (secondary N) is 1. The summed E-state index contributed by atoms with van der Waals surface area (Å²) < 4.78 is 5.31. The van der Waals surface area contributed by atoms with Crippen molar-refractivity contribution in [1.29, 1.82) is 0 Å². The lowest BCUT2D eigenvalue weighted by atomic mass is 9.93. The minimum atomic E-state index is 0.352. The van der Waals surface area contributed by atoms with Gasteiger partial charge in [0.15, 0.2) is 0 Å². The number of rotatable bonds is 8. The van der Waals surface area contributed by atoms with Crippen LogP contribution in [0.25, 0.3) is 0 Å². The normalized spacial score (nSPS) is 14.5. The van der Waals surface area contributed by atoms with E-state index in [1.807, 2.05) is 0 Å². The quantitative estimate of drug-likeness (QED) is 0.796. The van der Waals surface area contributed by atoms with Crippen LogP contribution in [0.15, 0.2) is 12.1 Å². The number of hydrogen-bond donors (Lipinski definition) is 1. The van der Waals surface area contributed by atoms with Gasteiger partial charge in [0.1, 0.15) is 0 Å². The highest BCUT2D eigenvalue weighted by molar-refractivity contribution is 5.39. The lowest BCUT2D eigenvalue weighted by molar-refractivity contribution is 0.0962. The van der Waals surface area contributed by atoms with Crippen LogP contribution in [-0.4, -0.2) is 44.8 Å². The molecule has 21 heavy (non-hydrogen) atoms. The molecule has 0 bridgehead atoms. The molecule has 0 heterocycles. The van der Waals surface area contributed by atoms with Gasteiger partial charge in [-0.2, -0.15) is 0 Å². The summed E-state index contributed by atoms with van der Waals surface area (Å²) in [6, 6.07) is 5.34. The summed E-state index contributed by atoms with van der Waals surface area (Å²) in [7, 11) is 3.83. The minimum absolute atomic E-state index is 0.352. The summed E-state index contributed by atoms with van der Waals surface area (Å²) >= 11 is 0. The number of methoxy groups -OCH3 is 1. The van der Waals surface area contributed by atoms with Gasteiger partial charge in [-0.3, -0.25) is 4.90 Å². The molecular weight excluding hydrogens is 260 g/mol. The Hall–Kier alpha value is -0.900. The molecule has 0 saturated carbocycles. The summed E-state index contributed by atoms with van der Waals surface area (Å²) in [4.78, 5) is 2.48. The number of nitrogens with zero attached hydrogens (tertiary/aromatic N) is 1. The van der Waals surface area contributed by atoms with Crippen molar-refractivity contribution >= 4 is 0 Å². The first-order chi connectivity index (χ1) is 9.94. The van der Waals surface area contributed by atoms with Gasteiger partial charge in [-0.1, -0.05) is 24.6 Å². The molecule has 2 atom stereocenters. The lowest BCUT2D eigenvalue weighted by Gasteiger charge is -2.32. The maximum atomic E-state index is 5.31. The smallest absolute Gasteiger partial charge is 0.0615 e. The van der Waals surface area contributed by atoms with Crippen molar-refractivity contribution in [3.8, 4) is 0 Å². The van der Waals surface area contributed by atoms with Gasteiger partial charge in [-0.25, -0.2) is 0 Å². The number of ether oxygens (including phenoxy) is 1. The second kappa shape index (κ2) is 8.52. The molecule has 1 aromatic carbocycles. The fraction of sp³-hybridized carbons (Fsp3) is 0.667. The van der Waals surface area contributed by atoms with Gasteiger partial charge in [0.25, 0.3) is 0 Å². The van der Waals surface area contributed by atoms with Crippen LogP contribution in [0.5, 0.6) is 0 Å². The van der Waals surface area contributed by atoms with Gasteiger partial charge < -0.3 is 10.1 Å². The maximum Gasteiger partial charge on any atom is 0.0615 e. The zero-order valence-electron chi connectivity index (χ0n) is 14.8. The first-order valence-electron chi connectivity index (χ1n) is 7.92. The Kier molecular flexibility index (Phi) is 7.36. The molecule has 3 nitrogen and oxygen atoms in total. The highest BCUT2D eigenvalue weighted by atomic mass is 16.5. The monoisotopic (exact) mass is 292 g/mol. The van der Waals surface area contributed by atoms with E-state index in [-0.39, 0.29) is 0 Å². The Labute approximate surface area is 130 Å². The second-order valence-corrected chi connectivity index (χ2v) is 6.05. The molecule has 0 saturated heterocycles. The Bertz CT molecular complexity index is 422. The van der Waals surface area contributed by atoms with Gasteiger partial charge in [-0.05, 0) is 58.0 Å². The van der Waals surface area contributed by atoms with E-state index in [0.717, 1.165) is 19.7 Å². The average Bonchev–Trinajstić information content (AvgIpc) is 2.41. The van der Waals surface area contributed by atoms with Crippen LogP contribution in [0.2, 0.25) is 0 Å². The molecule has 0 spiro atoms. The van der Waals surface area contributed by atoms with Gasteiger partial charge in [0, 0.05) is 25.7 Å². The van der Waals surface area contributed by atoms with Crippen molar-refractivity contribution in [2.24, 2.45) is 0 Å². The van der Waals surface area contributed by atoms with Crippen LogP contribution < -0.4 is 5.32 Å². The SMILES string of the molecule is CCN(CC(NC)c1c(C)cc(C)cc1C)C(C)COC. The van der Waals surface area contributed by atoms with Crippen molar-refractivity contribution < 1.29 is 4.74 Å². The third kappa shape index (κ3) is 4.80. The predicted molar refractivity (Wildman–Crippen MR) is 91.0 cm³/mol. The fourth-order valence-corrected chi connectivity index (χ4v) is 3.27. The molecule has 1 aromatic rings. The fourth-order valence-electron chi connectivity index (χ4n) is 3.27. The molecule has 0 amide bonds. The molecule has 120 valence electrons. The van der Waals surface area contributed by atoms with Crippen molar-refractivity contribution in [3.63, 3.8) is 0 Å². The molecule has 2 unspecified atom stereocenters. The molecule has 1 N–H and O–H groups in total. The van der Waals surface area contributed by atoms with Crippen LogP contribution in [0, 0.1) is 20.8 Å². The van der Waals surface area contributed by atoms with Crippen LogP contribution in [-0.2, 0) is 4.74 Å². The second-order valence-electron chi connectivity index (χ2n) is 6.05.